The number of anilines is 2. The molecular formula is C25H35N7O. The van der Waals surface area contributed by atoms with Crippen molar-refractivity contribution >= 4 is 35.2 Å². The summed E-state index contributed by atoms with van der Waals surface area (Å²) in [4.78, 5) is 17.9. The van der Waals surface area contributed by atoms with Gasteiger partial charge in [0.2, 0.25) is 5.91 Å². The van der Waals surface area contributed by atoms with Gasteiger partial charge in [0.05, 0.1) is 5.71 Å². The Morgan fingerprint density at radius 1 is 1.15 bits per heavy atom. The number of hydrogen-bond donors (Lipinski definition) is 5. The lowest BCUT2D eigenvalue weighted by Gasteiger charge is -2.20. The first-order chi connectivity index (χ1) is 15.8. The Morgan fingerprint density at radius 3 is 2.48 bits per heavy atom. The summed E-state index contributed by atoms with van der Waals surface area (Å²) in [6.07, 6.45) is 6.35. The number of nitrogens with two attached hydrogens (primary N) is 2. The van der Waals surface area contributed by atoms with E-state index in [0.29, 0.717) is 34.5 Å². The average molecular weight is 450 g/mol. The highest BCUT2D eigenvalue weighted by atomic mass is 16.1. The van der Waals surface area contributed by atoms with Crippen LogP contribution in [-0.2, 0) is 4.79 Å². The molecular weight excluding hydrogens is 414 g/mol. The van der Waals surface area contributed by atoms with Gasteiger partial charge in [-0.15, -0.1) is 0 Å². The minimum atomic E-state index is -0.0617. The van der Waals surface area contributed by atoms with E-state index in [2.05, 4.69) is 22.3 Å². The molecule has 0 radical (unpaired) electrons. The molecule has 0 saturated carbocycles. The Labute approximate surface area is 196 Å². The molecule has 1 aliphatic heterocycles. The van der Waals surface area contributed by atoms with Crippen LogP contribution >= 0.6 is 0 Å². The molecule has 176 valence electrons. The van der Waals surface area contributed by atoms with E-state index in [9.17, 15) is 4.79 Å². The van der Waals surface area contributed by atoms with E-state index in [0.717, 1.165) is 12.8 Å². The van der Waals surface area contributed by atoms with Crippen molar-refractivity contribution in [2.75, 3.05) is 31.2 Å². The summed E-state index contributed by atoms with van der Waals surface area (Å²) >= 11 is 0. The predicted molar refractivity (Wildman–Crippen MR) is 138 cm³/mol. The van der Waals surface area contributed by atoms with Crippen molar-refractivity contribution in [3.8, 4) is 0 Å². The molecule has 0 aromatic heterocycles. The molecule has 8 nitrogen and oxygen atoms in total. The smallest absolute Gasteiger partial charge is 0.224 e. The number of nitrogen functional groups attached to an aromatic ring is 1. The number of aliphatic imine (C=N–C) groups is 1. The van der Waals surface area contributed by atoms with Gasteiger partial charge in [-0.25, -0.2) is 4.99 Å². The van der Waals surface area contributed by atoms with Gasteiger partial charge in [0, 0.05) is 34.5 Å². The number of likely N-dealkylation sites (tertiary alicyclic amines) is 1. The van der Waals surface area contributed by atoms with Crippen LogP contribution in [0.1, 0.15) is 55.7 Å². The minimum Gasteiger partial charge on any atom is -0.398 e. The lowest BCUT2D eigenvalue weighted by molar-refractivity contribution is -0.116. The molecule has 1 heterocycles. The lowest BCUT2D eigenvalue weighted by atomic mass is 9.98. The van der Waals surface area contributed by atoms with E-state index in [4.69, 9.17) is 22.3 Å². The summed E-state index contributed by atoms with van der Waals surface area (Å²) in [7, 11) is 2.19. The summed E-state index contributed by atoms with van der Waals surface area (Å²) in [5.74, 6) is 0.114. The van der Waals surface area contributed by atoms with Gasteiger partial charge in [0.25, 0.3) is 0 Å². The van der Waals surface area contributed by atoms with Crippen molar-refractivity contribution < 1.29 is 4.79 Å². The topological polar surface area (TPSA) is 144 Å². The number of hydrogen-bond acceptors (Lipinski definition) is 5. The fourth-order valence-electron chi connectivity index (χ4n) is 3.49. The third-order valence-corrected chi connectivity index (χ3v) is 5.31. The summed E-state index contributed by atoms with van der Waals surface area (Å²) in [5, 5.41) is 18.3. The van der Waals surface area contributed by atoms with Crippen molar-refractivity contribution in [3.63, 3.8) is 0 Å². The monoisotopic (exact) mass is 449 g/mol. The molecule has 0 atom stereocenters. The predicted octanol–water partition coefficient (Wildman–Crippen LogP) is 3.84. The number of nitrogens with one attached hydrogen (secondary N) is 3. The molecule has 0 bridgehead atoms. The average Bonchev–Trinajstić information content (AvgIpc) is 2.80. The molecule has 2 aromatic carbocycles. The van der Waals surface area contributed by atoms with Gasteiger partial charge < -0.3 is 21.7 Å². The molecule has 0 spiro atoms. The highest BCUT2D eigenvalue weighted by Crippen LogP contribution is 2.21. The maximum absolute atomic E-state index is 11.8. The van der Waals surface area contributed by atoms with Crippen molar-refractivity contribution in [2.24, 2.45) is 10.7 Å². The van der Waals surface area contributed by atoms with E-state index in [-0.39, 0.29) is 17.5 Å². The highest BCUT2D eigenvalue weighted by Gasteiger charge is 2.12. The van der Waals surface area contributed by atoms with E-state index < -0.39 is 0 Å². The molecule has 0 unspecified atom stereocenters. The summed E-state index contributed by atoms with van der Waals surface area (Å²) < 4.78 is 0. The minimum absolute atomic E-state index is 0.0617. The zero-order valence-electron chi connectivity index (χ0n) is 19.5. The Hall–Kier alpha value is -3.52. The van der Waals surface area contributed by atoms with Crippen LogP contribution in [0.3, 0.4) is 0 Å². The van der Waals surface area contributed by atoms with Crippen molar-refractivity contribution in [2.45, 2.75) is 39.0 Å². The van der Waals surface area contributed by atoms with Crippen LogP contribution in [0.25, 0.3) is 0 Å². The van der Waals surface area contributed by atoms with Gasteiger partial charge in [-0.2, -0.15) is 0 Å². The third-order valence-electron chi connectivity index (χ3n) is 5.31. The largest absolute Gasteiger partial charge is 0.398 e. The quantitative estimate of drug-likeness (QED) is 0.248. The molecule has 33 heavy (non-hydrogen) atoms. The maximum atomic E-state index is 11.8. The summed E-state index contributed by atoms with van der Waals surface area (Å²) in [6.45, 7) is 4.58. The first kappa shape index (κ1) is 25.7. The first-order valence-corrected chi connectivity index (χ1v) is 11.3. The fourth-order valence-corrected chi connectivity index (χ4v) is 3.49. The number of piperidine rings is 1. The second-order valence-corrected chi connectivity index (χ2v) is 8.06. The lowest BCUT2D eigenvalue weighted by Crippen LogP contribution is -2.24. The molecule has 3 rings (SSSR count). The van der Waals surface area contributed by atoms with Gasteiger partial charge >= 0.3 is 0 Å². The second kappa shape index (κ2) is 13.1. The van der Waals surface area contributed by atoms with Crippen molar-refractivity contribution in [1.29, 1.82) is 10.8 Å². The number of amidine groups is 1. The van der Waals surface area contributed by atoms with Crippen LogP contribution in [0.2, 0.25) is 0 Å². The zero-order valence-corrected chi connectivity index (χ0v) is 19.5. The molecule has 7 N–H and O–H groups in total. The first-order valence-electron chi connectivity index (χ1n) is 11.3. The fraction of sp³-hybridized carbons (Fsp3) is 0.360. The third kappa shape index (κ3) is 8.16. The van der Waals surface area contributed by atoms with Crippen LogP contribution in [0.5, 0.6) is 0 Å². The molecule has 1 fully saturated rings. The Kier molecular flexibility index (Phi) is 10.2. The van der Waals surface area contributed by atoms with Gasteiger partial charge in [-0.1, -0.05) is 25.5 Å². The van der Waals surface area contributed by atoms with Gasteiger partial charge in [0.15, 0.2) is 0 Å². The zero-order chi connectivity index (χ0) is 24.2. The molecule has 2 aromatic rings. The van der Waals surface area contributed by atoms with Gasteiger partial charge in [-0.3, -0.25) is 15.6 Å². The van der Waals surface area contributed by atoms with Crippen LogP contribution < -0.4 is 16.8 Å². The molecule has 1 amide bonds. The normalized spacial score (nSPS) is 14.1. The number of nitrogens with zero attached hydrogens (tertiary/aromatic N) is 2. The van der Waals surface area contributed by atoms with Gasteiger partial charge in [0.1, 0.15) is 12.2 Å². The van der Waals surface area contributed by atoms with Crippen LogP contribution in [0, 0.1) is 10.8 Å². The number of rotatable bonds is 7. The number of amides is 1. The number of benzene rings is 2. The molecule has 0 aliphatic carbocycles. The Morgan fingerprint density at radius 2 is 1.88 bits per heavy atom. The second-order valence-electron chi connectivity index (χ2n) is 8.06. The SMILES string of the molecule is CCCC(=O)Nc1cccc(C(=N)c2cc(C(N)=NC=N)ccc2N)c1.CN1CCCCC1. The highest BCUT2D eigenvalue weighted by molar-refractivity contribution is 6.15. The van der Waals surface area contributed by atoms with Crippen LogP contribution in [0.4, 0.5) is 11.4 Å². The van der Waals surface area contributed by atoms with Crippen LogP contribution in [-0.4, -0.2) is 48.8 Å². The van der Waals surface area contributed by atoms with E-state index in [1.54, 1.807) is 42.5 Å². The van der Waals surface area contributed by atoms with Crippen molar-refractivity contribution in [3.05, 3.63) is 59.2 Å². The summed E-state index contributed by atoms with van der Waals surface area (Å²) in [6, 6.07) is 12.1. The summed E-state index contributed by atoms with van der Waals surface area (Å²) in [5.41, 5.74) is 14.8. The van der Waals surface area contributed by atoms with Crippen molar-refractivity contribution in [1.82, 2.24) is 4.90 Å². The van der Waals surface area contributed by atoms with E-state index in [1.165, 1.54) is 32.4 Å². The van der Waals surface area contributed by atoms with E-state index in [1.807, 2.05) is 6.92 Å². The Bertz CT molecular complexity index is 994. The number of carbonyl (C=O) groups excluding carboxylic acids is 1. The van der Waals surface area contributed by atoms with Crippen LogP contribution in [0.15, 0.2) is 47.5 Å². The maximum Gasteiger partial charge on any atom is 0.224 e. The van der Waals surface area contributed by atoms with E-state index >= 15 is 0 Å². The molecule has 1 aliphatic rings. The standard InChI is InChI=1S/C19H22N6O.C6H13N/c1-2-4-17(26)25-14-6-3-5-12(9-14)18(22)15-10-13(7-8-16(15)21)19(23)24-11-20;1-7-5-3-2-4-6-7/h3,5-11,22H,2,4,21H2,1H3,(H,25,26)(H3,20,23,24);2-6H2,1H3. The number of carbonyl (C=O) groups is 1. The Balaban J connectivity index is 0.000000468. The molecule has 8 heteroatoms. The molecule has 1 saturated heterocycles. The van der Waals surface area contributed by atoms with Gasteiger partial charge in [-0.05, 0) is 69.7 Å².